The molecule has 3 heteroatoms. The largest absolute Gasteiger partial charge is 0.393 e. The number of aliphatic hydroxyl groups is 1. The Morgan fingerprint density at radius 1 is 1.19 bits per heavy atom. The van der Waals surface area contributed by atoms with Crippen LogP contribution < -0.4 is 0 Å². The molecule has 3 rings (SSSR count). The Labute approximate surface area is 97.8 Å². The second kappa shape index (κ2) is 4.28. The van der Waals surface area contributed by atoms with Crippen LogP contribution in [0.5, 0.6) is 0 Å². The lowest BCUT2D eigenvalue weighted by Gasteiger charge is -2.53. The van der Waals surface area contributed by atoms with Crippen LogP contribution in [0.15, 0.2) is 0 Å². The van der Waals surface area contributed by atoms with E-state index in [1.54, 1.807) is 0 Å². The van der Waals surface area contributed by atoms with E-state index < -0.39 is 0 Å². The van der Waals surface area contributed by atoms with Gasteiger partial charge in [0.1, 0.15) is 0 Å². The van der Waals surface area contributed by atoms with E-state index in [0.29, 0.717) is 5.41 Å². The number of ether oxygens (including phenoxy) is 1. The van der Waals surface area contributed by atoms with Gasteiger partial charge in [-0.3, -0.25) is 0 Å². The van der Waals surface area contributed by atoms with Crippen LogP contribution in [0.1, 0.15) is 32.1 Å². The van der Waals surface area contributed by atoms with Crippen molar-refractivity contribution in [2.75, 3.05) is 32.8 Å². The van der Waals surface area contributed by atoms with Gasteiger partial charge in [0.05, 0.1) is 6.10 Å². The molecule has 1 aliphatic carbocycles. The molecule has 0 aromatic heterocycles. The molecule has 2 unspecified atom stereocenters. The Morgan fingerprint density at radius 3 is 2.56 bits per heavy atom. The fourth-order valence-corrected chi connectivity index (χ4v) is 3.73. The smallest absolute Gasteiger partial charge is 0.0543 e. The SMILES string of the molecule is OC1CCC(CN2CC3(CCOCC3)C2)C1. The highest BCUT2D eigenvalue weighted by Crippen LogP contribution is 2.41. The van der Waals surface area contributed by atoms with Crippen molar-refractivity contribution < 1.29 is 9.84 Å². The molecule has 2 heterocycles. The summed E-state index contributed by atoms with van der Waals surface area (Å²) in [6, 6.07) is 0. The number of rotatable bonds is 2. The lowest BCUT2D eigenvalue weighted by atomic mass is 9.73. The van der Waals surface area contributed by atoms with Gasteiger partial charge in [-0.25, -0.2) is 0 Å². The maximum atomic E-state index is 9.51. The van der Waals surface area contributed by atoms with Crippen molar-refractivity contribution in [3.8, 4) is 0 Å². The van der Waals surface area contributed by atoms with Crippen LogP contribution in [-0.2, 0) is 4.74 Å². The third kappa shape index (κ3) is 2.13. The molecule has 2 aliphatic heterocycles. The van der Waals surface area contributed by atoms with Crippen LogP contribution in [0.4, 0.5) is 0 Å². The molecule has 1 saturated carbocycles. The summed E-state index contributed by atoms with van der Waals surface area (Å²) in [7, 11) is 0. The van der Waals surface area contributed by atoms with Crippen molar-refractivity contribution in [1.29, 1.82) is 0 Å². The van der Waals surface area contributed by atoms with Gasteiger partial charge in [0.2, 0.25) is 0 Å². The second-order valence-corrected chi connectivity index (χ2v) is 6.11. The van der Waals surface area contributed by atoms with Gasteiger partial charge < -0.3 is 14.7 Å². The Hall–Kier alpha value is -0.120. The minimum atomic E-state index is -0.0108. The monoisotopic (exact) mass is 225 g/mol. The minimum absolute atomic E-state index is 0.0108. The normalized spacial score (nSPS) is 38.8. The average Bonchev–Trinajstić information content (AvgIpc) is 2.63. The molecule has 2 atom stereocenters. The molecule has 0 aromatic rings. The summed E-state index contributed by atoms with van der Waals surface area (Å²) >= 11 is 0. The van der Waals surface area contributed by atoms with Crippen LogP contribution in [0.25, 0.3) is 0 Å². The third-order valence-electron chi connectivity index (χ3n) is 4.70. The van der Waals surface area contributed by atoms with Crippen molar-refractivity contribution in [3.63, 3.8) is 0 Å². The van der Waals surface area contributed by atoms with E-state index >= 15 is 0 Å². The fraction of sp³-hybridized carbons (Fsp3) is 1.00. The molecule has 3 nitrogen and oxygen atoms in total. The predicted molar refractivity (Wildman–Crippen MR) is 62.3 cm³/mol. The summed E-state index contributed by atoms with van der Waals surface area (Å²) in [5.41, 5.74) is 0.607. The quantitative estimate of drug-likeness (QED) is 0.768. The first-order valence-corrected chi connectivity index (χ1v) is 6.74. The van der Waals surface area contributed by atoms with Gasteiger partial charge >= 0.3 is 0 Å². The molecule has 92 valence electrons. The first-order valence-electron chi connectivity index (χ1n) is 6.74. The summed E-state index contributed by atoms with van der Waals surface area (Å²) in [6.45, 7) is 5.72. The van der Waals surface area contributed by atoms with Gasteiger partial charge in [-0.15, -0.1) is 0 Å². The summed E-state index contributed by atoms with van der Waals surface area (Å²) in [4.78, 5) is 2.59. The maximum absolute atomic E-state index is 9.51. The Morgan fingerprint density at radius 2 is 1.94 bits per heavy atom. The van der Waals surface area contributed by atoms with Crippen LogP contribution >= 0.6 is 0 Å². The van der Waals surface area contributed by atoms with E-state index in [1.807, 2.05) is 0 Å². The van der Waals surface area contributed by atoms with Gasteiger partial charge in [0.25, 0.3) is 0 Å². The topological polar surface area (TPSA) is 32.7 Å². The lowest BCUT2D eigenvalue weighted by Crippen LogP contribution is -2.59. The zero-order valence-electron chi connectivity index (χ0n) is 10.0. The van der Waals surface area contributed by atoms with Crippen molar-refractivity contribution in [2.24, 2.45) is 11.3 Å². The van der Waals surface area contributed by atoms with E-state index in [0.717, 1.165) is 32.0 Å². The molecular weight excluding hydrogens is 202 g/mol. The molecule has 0 amide bonds. The maximum Gasteiger partial charge on any atom is 0.0543 e. The fourth-order valence-electron chi connectivity index (χ4n) is 3.73. The number of hydrogen-bond acceptors (Lipinski definition) is 3. The summed E-state index contributed by atoms with van der Waals surface area (Å²) in [5.74, 6) is 0.757. The highest BCUT2D eigenvalue weighted by Gasteiger charge is 2.44. The van der Waals surface area contributed by atoms with Gasteiger partial charge in [-0.2, -0.15) is 0 Å². The predicted octanol–water partition coefficient (Wildman–Crippen LogP) is 1.26. The average molecular weight is 225 g/mol. The number of hydrogen-bond donors (Lipinski definition) is 1. The molecule has 2 saturated heterocycles. The molecule has 3 fully saturated rings. The summed E-state index contributed by atoms with van der Waals surface area (Å²) < 4.78 is 5.43. The van der Waals surface area contributed by atoms with E-state index in [1.165, 1.54) is 38.9 Å². The van der Waals surface area contributed by atoms with Crippen molar-refractivity contribution in [2.45, 2.75) is 38.2 Å². The molecule has 1 N–H and O–H groups in total. The first-order chi connectivity index (χ1) is 7.76. The number of nitrogens with zero attached hydrogens (tertiary/aromatic N) is 1. The molecule has 3 aliphatic rings. The molecule has 0 bridgehead atoms. The van der Waals surface area contributed by atoms with Crippen LogP contribution in [0.2, 0.25) is 0 Å². The van der Waals surface area contributed by atoms with E-state index in [9.17, 15) is 5.11 Å². The van der Waals surface area contributed by atoms with Crippen LogP contribution in [-0.4, -0.2) is 49.0 Å². The van der Waals surface area contributed by atoms with Gasteiger partial charge in [-0.05, 0) is 38.0 Å². The molecule has 0 aromatic carbocycles. The first kappa shape index (κ1) is 11.0. The molecular formula is C13H23NO2. The molecule has 0 radical (unpaired) electrons. The van der Waals surface area contributed by atoms with E-state index in [-0.39, 0.29) is 6.10 Å². The molecule has 16 heavy (non-hydrogen) atoms. The van der Waals surface area contributed by atoms with Crippen molar-refractivity contribution >= 4 is 0 Å². The highest BCUT2D eigenvalue weighted by atomic mass is 16.5. The van der Waals surface area contributed by atoms with Gasteiger partial charge in [-0.1, -0.05) is 0 Å². The van der Waals surface area contributed by atoms with E-state index in [2.05, 4.69) is 4.90 Å². The van der Waals surface area contributed by atoms with E-state index in [4.69, 9.17) is 4.74 Å². The standard InChI is InChI=1S/C13H23NO2/c15-12-2-1-11(7-12)8-14-9-13(10-14)3-5-16-6-4-13/h11-12,15H,1-10H2. The number of aliphatic hydroxyl groups excluding tert-OH is 1. The van der Waals surface area contributed by atoms with Crippen LogP contribution in [0.3, 0.4) is 0 Å². The van der Waals surface area contributed by atoms with Gasteiger partial charge in [0, 0.05) is 38.3 Å². The Balaban J connectivity index is 1.43. The number of likely N-dealkylation sites (tertiary alicyclic amines) is 1. The third-order valence-corrected chi connectivity index (χ3v) is 4.70. The zero-order chi connectivity index (χ0) is 11.0. The van der Waals surface area contributed by atoms with Crippen molar-refractivity contribution in [3.05, 3.63) is 0 Å². The Kier molecular flexibility index (Phi) is 2.94. The minimum Gasteiger partial charge on any atom is -0.393 e. The highest BCUT2D eigenvalue weighted by molar-refractivity contribution is 4.97. The molecule has 1 spiro atoms. The van der Waals surface area contributed by atoms with Gasteiger partial charge in [0.15, 0.2) is 0 Å². The summed E-state index contributed by atoms with van der Waals surface area (Å²) in [6.07, 6.45) is 5.80. The van der Waals surface area contributed by atoms with Crippen molar-refractivity contribution in [1.82, 2.24) is 4.90 Å². The lowest BCUT2D eigenvalue weighted by molar-refractivity contribution is -0.0850. The Bertz CT molecular complexity index is 240. The zero-order valence-corrected chi connectivity index (χ0v) is 10.0. The summed E-state index contributed by atoms with van der Waals surface area (Å²) in [5, 5.41) is 9.51. The van der Waals surface area contributed by atoms with Crippen LogP contribution in [0, 0.1) is 11.3 Å². The second-order valence-electron chi connectivity index (χ2n) is 6.11.